The number of unbranched alkanes of at least 4 members (excludes halogenated alkanes) is 3. The number of carboxylic acids is 1. The Morgan fingerprint density at radius 1 is 1.23 bits per heavy atom. The van der Waals surface area contributed by atoms with Crippen LogP contribution < -0.4 is 0 Å². The Balaban J connectivity index is 3.33. The third kappa shape index (κ3) is 6.58. The van der Waals surface area contributed by atoms with Gasteiger partial charge >= 0.3 is 5.97 Å². The van der Waals surface area contributed by atoms with Crippen LogP contribution >= 0.6 is 0 Å². The molecular weight excluding hydrogens is 168 g/mol. The molecule has 78 valence electrons. The molecule has 3 nitrogen and oxygen atoms in total. The monoisotopic (exact) mass is 188 g/mol. The van der Waals surface area contributed by atoms with Crippen molar-refractivity contribution >= 4 is 5.97 Å². The number of aliphatic hydroxyl groups is 1. The summed E-state index contributed by atoms with van der Waals surface area (Å²) in [6.07, 6.45) is 5.33. The Morgan fingerprint density at radius 2 is 1.85 bits per heavy atom. The maximum Gasteiger partial charge on any atom is 0.306 e. The minimum absolute atomic E-state index is 0.172. The van der Waals surface area contributed by atoms with Crippen molar-refractivity contribution in [2.75, 3.05) is 6.61 Å². The number of carbonyl (C=O) groups is 1. The second-order valence-corrected chi connectivity index (χ2v) is 3.37. The fourth-order valence-electron chi connectivity index (χ4n) is 1.36. The summed E-state index contributed by atoms with van der Waals surface area (Å²) in [7, 11) is 0. The number of aliphatic hydroxyl groups excluding tert-OH is 1. The van der Waals surface area contributed by atoms with Crippen LogP contribution in [0.1, 0.15) is 45.4 Å². The predicted octanol–water partition coefficient (Wildman–Crippen LogP) is 2.04. The molecule has 0 aromatic heterocycles. The molecule has 0 saturated carbocycles. The van der Waals surface area contributed by atoms with Crippen molar-refractivity contribution in [1.82, 2.24) is 0 Å². The van der Waals surface area contributed by atoms with Crippen LogP contribution in [0.5, 0.6) is 0 Å². The van der Waals surface area contributed by atoms with Crippen LogP contribution in [0.3, 0.4) is 0 Å². The first-order valence-corrected chi connectivity index (χ1v) is 5.06. The van der Waals surface area contributed by atoms with Gasteiger partial charge in [-0.1, -0.05) is 26.2 Å². The van der Waals surface area contributed by atoms with E-state index < -0.39 is 5.97 Å². The van der Waals surface area contributed by atoms with Crippen LogP contribution in [0.4, 0.5) is 0 Å². The largest absolute Gasteiger partial charge is 0.481 e. The lowest BCUT2D eigenvalue weighted by Crippen LogP contribution is -2.12. The average Bonchev–Trinajstić information content (AvgIpc) is 2.10. The van der Waals surface area contributed by atoms with Crippen molar-refractivity contribution < 1.29 is 15.0 Å². The number of aliphatic carboxylic acids is 1. The van der Waals surface area contributed by atoms with Gasteiger partial charge in [0, 0.05) is 6.61 Å². The topological polar surface area (TPSA) is 57.5 Å². The zero-order valence-electron chi connectivity index (χ0n) is 8.33. The molecule has 1 atom stereocenters. The van der Waals surface area contributed by atoms with Crippen molar-refractivity contribution in [3.8, 4) is 0 Å². The Kier molecular flexibility index (Phi) is 7.69. The van der Waals surface area contributed by atoms with E-state index in [1.807, 2.05) is 6.92 Å². The molecule has 0 aliphatic carbocycles. The van der Waals surface area contributed by atoms with E-state index in [1.54, 1.807) is 0 Å². The summed E-state index contributed by atoms with van der Waals surface area (Å²) >= 11 is 0. The van der Waals surface area contributed by atoms with E-state index in [1.165, 1.54) is 0 Å². The van der Waals surface area contributed by atoms with Crippen molar-refractivity contribution in [1.29, 1.82) is 0 Å². The second-order valence-electron chi connectivity index (χ2n) is 3.37. The first-order chi connectivity index (χ1) is 6.22. The van der Waals surface area contributed by atoms with E-state index in [2.05, 4.69) is 0 Å². The van der Waals surface area contributed by atoms with E-state index >= 15 is 0 Å². The van der Waals surface area contributed by atoms with Gasteiger partial charge < -0.3 is 10.2 Å². The summed E-state index contributed by atoms with van der Waals surface area (Å²) in [5.74, 6) is -0.848. The summed E-state index contributed by atoms with van der Waals surface area (Å²) in [4.78, 5) is 10.6. The third-order valence-electron chi connectivity index (χ3n) is 2.30. The van der Waals surface area contributed by atoms with E-state index in [0.29, 0.717) is 0 Å². The van der Waals surface area contributed by atoms with Gasteiger partial charge in [-0.3, -0.25) is 4.79 Å². The molecule has 0 aliphatic rings. The summed E-state index contributed by atoms with van der Waals surface area (Å²) in [5.41, 5.74) is 0. The lowest BCUT2D eigenvalue weighted by Gasteiger charge is -2.08. The molecule has 0 rings (SSSR count). The summed E-state index contributed by atoms with van der Waals surface area (Å²) in [6, 6.07) is 0. The van der Waals surface area contributed by atoms with E-state index in [0.717, 1.165) is 38.5 Å². The van der Waals surface area contributed by atoms with Crippen LogP contribution in [-0.4, -0.2) is 22.8 Å². The van der Waals surface area contributed by atoms with Gasteiger partial charge in [0.2, 0.25) is 0 Å². The third-order valence-corrected chi connectivity index (χ3v) is 2.30. The Hall–Kier alpha value is -0.570. The van der Waals surface area contributed by atoms with Gasteiger partial charge in [-0.25, -0.2) is 0 Å². The van der Waals surface area contributed by atoms with Crippen LogP contribution in [0.15, 0.2) is 0 Å². The van der Waals surface area contributed by atoms with Gasteiger partial charge in [-0.15, -0.1) is 0 Å². The van der Waals surface area contributed by atoms with Crippen molar-refractivity contribution in [3.05, 3.63) is 0 Å². The highest BCUT2D eigenvalue weighted by Crippen LogP contribution is 2.14. The number of hydrogen-bond donors (Lipinski definition) is 2. The molecule has 0 heterocycles. The first kappa shape index (κ1) is 12.4. The molecule has 13 heavy (non-hydrogen) atoms. The highest BCUT2D eigenvalue weighted by molar-refractivity contribution is 5.69. The molecule has 0 saturated heterocycles. The van der Waals surface area contributed by atoms with Crippen molar-refractivity contribution in [2.45, 2.75) is 45.4 Å². The molecular formula is C10H20O3. The molecule has 2 N–H and O–H groups in total. The molecule has 0 aliphatic heterocycles. The molecule has 0 amide bonds. The van der Waals surface area contributed by atoms with Crippen molar-refractivity contribution in [2.24, 2.45) is 5.92 Å². The van der Waals surface area contributed by atoms with Crippen molar-refractivity contribution in [3.63, 3.8) is 0 Å². The zero-order chi connectivity index (χ0) is 10.1. The summed E-state index contributed by atoms with van der Waals surface area (Å²) < 4.78 is 0. The van der Waals surface area contributed by atoms with Crippen LogP contribution in [-0.2, 0) is 4.79 Å². The minimum atomic E-state index is -0.676. The van der Waals surface area contributed by atoms with Crippen LogP contribution in [0, 0.1) is 5.92 Å². The number of hydrogen-bond acceptors (Lipinski definition) is 2. The van der Waals surface area contributed by atoms with Gasteiger partial charge in [-0.05, 0) is 19.3 Å². The molecule has 3 heteroatoms. The van der Waals surface area contributed by atoms with Gasteiger partial charge in [-0.2, -0.15) is 0 Å². The average molecular weight is 188 g/mol. The molecule has 0 aromatic carbocycles. The van der Waals surface area contributed by atoms with Gasteiger partial charge in [0.15, 0.2) is 0 Å². The molecule has 0 aromatic rings. The SMILES string of the molecule is CCC(CCCCCCO)C(=O)O. The zero-order valence-corrected chi connectivity index (χ0v) is 8.33. The lowest BCUT2D eigenvalue weighted by atomic mass is 9.98. The highest BCUT2D eigenvalue weighted by Gasteiger charge is 2.13. The van der Waals surface area contributed by atoms with E-state index in [-0.39, 0.29) is 12.5 Å². The molecule has 0 radical (unpaired) electrons. The van der Waals surface area contributed by atoms with Gasteiger partial charge in [0.25, 0.3) is 0 Å². The van der Waals surface area contributed by atoms with E-state index in [9.17, 15) is 4.79 Å². The molecule has 1 unspecified atom stereocenters. The predicted molar refractivity (Wildman–Crippen MR) is 51.6 cm³/mol. The number of rotatable bonds is 8. The first-order valence-electron chi connectivity index (χ1n) is 5.06. The Morgan fingerprint density at radius 3 is 2.31 bits per heavy atom. The number of carboxylic acid groups (broad SMARTS) is 1. The fourth-order valence-corrected chi connectivity index (χ4v) is 1.36. The molecule has 0 fully saturated rings. The van der Waals surface area contributed by atoms with E-state index in [4.69, 9.17) is 10.2 Å². The molecule has 0 bridgehead atoms. The molecule has 0 spiro atoms. The summed E-state index contributed by atoms with van der Waals surface area (Å²) in [5, 5.41) is 17.3. The quantitative estimate of drug-likeness (QED) is 0.573. The van der Waals surface area contributed by atoms with Gasteiger partial charge in [0.1, 0.15) is 0 Å². The Bertz CT molecular complexity index is 134. The maximum atomic E-state index is 10.6. The van der Waals surface area contributed by atoms with Crippen LogP contribution in [0.25, 0.3) is 0 Å². The van der Waals surface area contributed by atoms with Gasteiger partial charge in [0.05, 0.1) is 5.92 Å². The maximum absolute atomic E-state index is 10.6. The fraction of sp³-hybridized carbons (Fsp3) is 0.900. The highest BCUT2D eigenvalue weighted by atomic mass is 16.4. The normalized spacial score (nSPS) is 12.8. The second kappa shape index (κ2) is 8.05. The summed E-state index contributed by atoms with van der Waals surface area (Å²) in [6.45, 7) is 2.16. The minimum Gasteiger partial charge on any atom is -0.481 e. The lowest BCUT2D eigenvalue weighted by molar-refractivity contribution is -0.142. The smallest absolute Gasteiger partial charge is 0.306 e. The Labute approximate surface area is 79.8 Å². The van der Waals surface area contributed by atoms with Crippen LogP contribution in [0.2, 0.25) is 0 Å². The standard InChI is InChI=1S/C10H20O3/c1-2-9(10(12)13)7-5-3-4-6-8-11/h9,11H,2-8H2,1H3,(H,12,13).